The highest BCUT2D eigenvalue weighted by molar-refractivity contribution is 8.00. The summed E-state index contributed by atoms with van der Waals surface area (Å²) in [5, 5.41) is 8.39. The molecule has 0 saturated carbocycles. The second-order valence-corrected chi connectivity index (χ2v) is 3.53. The summed E-state index contributed by atoms with van der Waals surface area (Å²) in [6.07, 6.45) is 0.952. The molecule has 0 aromatic carbocycles. The van der Waals surface area contributed by atoms with Crippen molar-refractivity contribution in [1.82, 2.24) is 0 Å². The number of hydrogen-bond acceptors (Lipinski definition) is 4. The molecule has 1 atom stereocenters. The lowest BCUT2D eigenvalue weighted by Gasteiger charge is -2.13. The summed E-state index contributed by atoms with van der Waals surface area (Å²) >= 11 is 1.13. The van der Waals surface area contributed by atoms with E-state index in [0.717, 1.165) is 11.8 Å². The summed E-state index contributed by atoms with van der Waals surface area (Å²) in [5.74, 6) is -1.21. The lowest BCUT2D eigenvalue weighted by atomic mass is 10.5. The van der Waals surface area contributed by atoms with E-state index >= 15 is 0 Å². The minimum atomic E-state index is -0.893. The van der Waals surface area contributed by atoms with Gasteiger partial charge in [-0.25, -0.2) is 0 Å². The molecule has 0 aromatic rings. The van der Waals surface area contributed by atoms with Crippen molar-refractivity contribution in [1.29, 1.82) is 0 Å². The third-order valence-corrected chi connectivity index (χ3v) is 2.49. The van der Waals surface area contributed by atoms with Gasteiger partial charge in [-0.2, -0.15) is 0 Å². The molecule has 0 heterocycles. The molecule has 0 rings (SSSR count). The van der Waals surface area contributed by atoms with Crippen molar-refractivity contribution in [3.63, 3.8) is 0 Å². The number of carbonyl (C=O) groups is 2. The topological polar surface area (TPSA) is 63.6 Å². The van der Waals surface area contributed by atoms with E-state index in [1.165, 1.54) is 0 Å². The summed E-state index contributed by atoms with van der Waals surface area (Å²) in [4.78, 5) is 21.1. The van der Waals surface area contributed by atoms with E-state index < -0.39 is 5.97 Å². The van der Waals surface area contributed by atoms with E-state index in [1.807, 2.05) is 6.92 Å². The molecule has 0 amide bonds. The largest absolute Gasteiger partial charge is 0.481 e. The van der Waals surface area contributed by atoms with Gasteiger partial charge in [-0.3, -0.25) is 9.59 Å². The van der Waals surface area contributed by atoms with Gasteiger partial charge in [0.25, 0.3) is 0 Å². The molecule has 0 fully saturated rings. The molecule has 5 heteroatoms. The zero-order valence-electron chi connectivity index (χ0n) is 7.78. The highest BCUT2D eigenvalue weighted by Gasteiger charge is 2.12. The number of hydrogen-bond donors (Lipinski definition) is 1. The van der Waals surface area contributed by atoms with Gasteiger partial charge in [-0.05, 0) is 6.42 Å². The van der Waals surface area contributed by atoms with Gasteiger partial charge < -0.3 is 9.84 Å². The third-order valence-electron chi connectivity index (χ3n) is 1.28. The van der Waals surface area contributed by atoms with Crippen LogP contribution in [0.2, 0.25) is 0 Å². The zero-order chi connectivity index (χ0) is 10.3. The van der Waals surface area contributed by atoms with Gasteiger partial charge in [-0.1, -0.05) is 13.8 Å². The summed E-state index contributed by atoms with van der Waals surface area (Å²) in [6, 6.07) is 0. The standard InChI is InChI=1S/C8H14O4S/c1-3-7(11)12-8(4-2)13-5-6(9)10/h8H,3-5H2,1-2H3,(H,9,10). The molecule has 0 aliphatic rings. The lowest BCUT2D eigenvalue weighted by molar-refractivity contribution is -0.145. The van der Waals surface area contributed by atoms with E-state index in [1.54, 1.807) is 6.92 Å². The molecule has 0 aromatic heterocycles. The second kappa shape index (κ2) is 6.77. The SMILES string of the molecule is CCC(=O)OC(CC)SCC(=O)O. The van der Waals surface area contributed by atoms with Crippen LogP contribution in [0.15, 0.2) is 0 Å². The highest BCUT2D eigenvalue weighted by atomic mass is 32.2. The van der Waals surface area contributed by atoms with E-state index in [9.17, 15) is 9.59 Å². The molecule has 0 bridgehead atoms. The van der Waals surface area contributed by atoms with Crippen molar-refractivity contribution in [2.45, 2.75) is 32.1 Å². The Hall–Kier alpha value is -0.710. The normalized spacial score (nSPS) is 12.2. The maximum absolute atomic E-state index is 10.8. The first-order chi connectivity index (χ1) is 6.10. The second-order valence-electron chi connectivity index (χ2n) is 2.39. The Bertz CT molecular complexity index is 181. The van der Waals surface area contributed by atoms with Gasteiger partial charge in [0.15, 0.2) is 0 Å². The number of aliphatic carboxylic acids is 1. The zero-order valence-corrected chi connectivity index (χ0v) is 8.60. The molecule has 0 spiro atoms. The summed E-state index contributed by atoms with van der Waals surface area (Å²) < 4.78 is 4.96. The van der Waals surface area contributed by atoms with Crippen LogP contribution in [0.5, 0.6) is 0 Å². The van der Waals surface area contributed by atoms with Gasteiger partial charge in [-0.15, -0.1) is 11.8 Å². The Kier molecular flexibility index (Phi) is 6.40. The van der Waals surface area contributed by atoms with Gasteiger partial charge in [0.2, 0.25) is 0 Å². The molecule has 76 valence electrons. The van der Waals surface area contributed by atoms with Gasteiger partial charge in [0, 0.05) is 6.42 Å². The van der Waals surface area contributed by atoms with Crippen molar-refractivity contribution >= 4 is 23.7 Å². The van der Waals surface area contributed by atoms with E-state index in [0.29, 0.717) is 12.8 Å². The highest BCUT2D eigenvalue weighted by Crippen LogP contribution is 2.16. The smallest absolute Gasteiger partial charge is 0.313 e. The molecule has 13 heavy (non-hydrogen) atoms. The fourth-order valence-corrected chi connectivity index (χ4v) is 1.37. The molecule has 0 aliphatic carbocycles. The van der Waals surface area contributed by atoms with Crippen molar-refractivity contribution in [3.05, 3.63) is 0 Å². The molecule has 1 N–H and O–H groups in total. The maximum atomic E-state index is 10.8. The van der Waals surface area contributed by atoms with Gasteiger partial charge in [0.1, 0.15) is 5.44 Å². The number of carboxylic acid groups (broad SMARTS) is 1. The first-order valence-electron chi connectivity index (χ1n) is 4.13. The molecule has 4 nitrogen and oxygen atoms in total. The summed E-state index contributed by atoms with van der Waals surface area (Å²) in [5.41, 5.74) is -0.330. The van der Waals surface area contributed by atoms with Crippen molar-refractivity contribution < 1.29 is 19.4 Å². The van der Waals surface area contributed by atoms with Crippen LogP contribution in [0, 0.1) is 0 Å². The lowest BCUT2D eigenvalue weighted by Crippen LogP contribution is -2.15. The summed E-state index contributed by atoms with van der Waals surface area (Å²) in [7, 11) is 0. The van der Waals surface area contributed by atoms with Crippen LogP contribution < -0.4 is 0 Å². The summed E-state index contributed by atoms with van der Waals surface area (Å²) in [6.45, 7) is 3.55. The quantitative estimate of drug-likeness (QED) is 0.527. The molecular formula is C8H14O4S. The molecule has 0 aliphatic heterocycles. The Morgan fingerprint density at radius 1 is 1.46 bits per heavy atom. The van der Waals surface area contributed by atoms with Crippen molar-refractivity contribution in [3.8, 4) is 0 Å². The van der Waals surface area contributed by atoms with Crippen LogP contribution in [-0.4, -0.2) is 28.2 Å². The molecular weight excluding hydrogens is 192 g/mol. The van der Waals surface area contributed by atoms with E-state index in [2.05, 4.69) is 0 Å². The molecule has 0 saturated heterocycles. The fraction of sp³-hybridized carbons (Fsp3) is 0.750. The maximum Gasteiger partial charge on any atom is 0.313 e. The first-order valence-corrected chi connectivity index (χ1v) is 5.17. The van der Waals surface area contributed by atoms with Gasteiger partial charge >= 0.3 is 11.9 Å². The third kappa shape index (κ3) is 6.45. The number of carboxylic acids is 1. The number of carbonyl (C=O) groups excluding carboxylic acids is 1. The van der Waals surface area contributed by atoms with Gasteiger partial charge in [0.05, 0.1) is 5.75 Å². The van der Waals surface area contributed by atoms with Crippen LogP contribution in [0.4, 0.5) is 0 Å². The number of esters is 1. The minimum Gasteiger partial charge on any atom is -0.481 e. The predicted molar refractivity (Wildman–Crippen MR) is 50.6 cm³/mol. The molecule has 1 unspecified atom stereocenters. The molecule has 0 radical (unpaired) electrons. The van der Waals surface area contributed by atoms with Crippen molar-refractivity contribution in [2.24, 2.45) is 0 Å². The van der Waals surface area contributed by atoms with Crippen LogP contribution >= 0.6 is 11.8 Å². The Balaban J connectivity index is 3.75. The van der Waals surface area contributed by atoms with E-state index in [-0.39, 0.29) is 17.2 Å². The predicted octanol–water partition coefficient (Wildman–Crippen LogP) is 1.49. The monoisotopic (exact) mass is 206 g/mol. The van der Waals surface area contributed by atoms with Crippen LogP contribution in [0.1, 0.15) is 26.7 Å². The Morgan fingerprint density at radius 3 is 2.46 bits per heavy atom. The first kappa shape index (κ1) is 12.3. The van der Waals surface area contributed by atoms with Crippen molar-refractivity contribution in [2.75, 3.05) is 5.75 Å². The van der Waals surface area contributed by atoms with Crippen LogP contribution in [-0.2, 0) is 14.3 Å². The fourth-order valence-electron chi connectivity index (χ4n) is 0.629. The van der Waals surface area contributed by atoms with E-state index in [4.69, 9.17) is 9.84 Å². The Labute approximate surface area is 81.6 Å². The average Bonchev–Trinajstić information content (AvgIpc) is 2.11. The Morgan fingerprint density at radius 2 is 2.08 bits per heavy atom. The number of ether oxygens (including phenoxy) is 1. The number of thioether (sulfide) groups is 1. The van der Waals surface area contributed by atoms with Crippen LogP contribution in [0.25, 0.3) is 0 Å². The minimum absolute atomic E-state index is 0.0322. The number of rotatable bonds is 6. The average molecular weight is 206 g/mol. The van der Waals surface area contributed by atoms with Crippen LogP contribution in [0.3, 0.4) is 0 Å².